The summed E-state index contributed by atoms with van der Waals surface area (Å²) < 4.78 is 5.12. The Kier molecular flexibility index (Phi) is 4.98. The molecule has 0 spiro atoms. The van der Waals surface area contributed by atoms with Crippen molar-refractivity contribution in [3.8, 4) is 5.75 Å². The van der Waals surface area contributed by atoms with Gasteiger partial charge in [0.1, 0.15) is 5.75 Å². The molecule has 2 rings (SSSR count). The summed E-state index contributed by atoms with van der Waals surface area (Å²) in [6, 6.07) is 13.4. The van der Waals surface area contributed by atoms with Crippen molar-refractivity contribution in [1.82, 2.24) is 0 Å². The molecule has 0 unspecified atom stereocenters. The van der Waals surface area contributed by atoms with E-state index in [2.05, 4.69) is 10.6 Å². The van der Waals surface area contributed by atoms with Gasteiger partial charge in [-0.05, 0) is 35.9 Å². The third-order valence-electron chi connectivity index (χ3n) is 2.91. The number of nitrogens with two attached hydrogens (primary N) is 1. The van der Waals surface area contributed by atoms with Gasteiger partial charge in [0.25, 0.3) is 0 Å². The second kappa shape index (κ2) is 7.12. The van der Waals surface area contributed by atoms with Crippen LogP contribution in [0.4, 0.5) is 16.2 Å². The molecule has 0 radical (unpaired) electrons. The summed E-state index contributed by atoms with van der Waals surface area (Å²) in [5, 5.41) is 5.22. The van der Waals surface area contributed by atoms with E-state index in [1.807, 2.05) is 24.3 Å². The van der Waals surface area contributed by atoms with Crippen molar-refractivity contribution in [1.29, 1.82) is 0 Å². The van der Waals surface area contributed by atoms with Crippen LogP contribution in [-0.2, 0) is 11.2 Å². The summed E-state index contributed by atoms with van der Waals surface area (Å²) in [6.45, 7) is 0. The molecule has 22 heavy (non-hydrogen) atoms. The number of benzene rings is 2. The molecule has 0 aliphatic carbocycles. The van der Waals surface area contributed by atoms with Crippen molar-refractivity contribution in [2.45, 2.75) is 6.42 Å². The minimum Gasteiger partial charge on any atom is -0.497 e. The number of nitrogens with one attached hydrogen (secondary N) is 2. The van der Waals surface area contributed by atoms with Crippen LogP contribution in [0.1, 0.15) is 5.56 Å². The van der Waals surface area contributed by atoms with Crippen LogP contribution in [0.5, 0.6) is 5.75 Å². The summed E-state index contributed by atoms with van der Waals surface area (Å²) in [7, 11) is 1.58. The van der Waals surface area contributed by atoms with E-state index in [1.54, 1.807) is 31.4 Å². The van der Waals surface area contributed by atoms with Gasteiger partial charge in [0.05, 0.1) is 13.5 Å². The molecule has 0 saturated carbocycles. The first-order valence-corrected chi connectivity index (χ1v) is 6.66. The van der Waals surface area contributed by atoms with Gasteiger partial charge in [0, 0.05) is 11.4 Å². The maximum Gasteiger partial charge on any atom is 0.316 e. The molecule has 3 amide bonds. The van der Waals surface area contributed by atoms with Crippen LogP contribution >= 0.6 is 0 Å². The zero-order chi connectivity index (χ0) is 15.9. The second-order valence-corrected chi connectivity index (χ2v) is 4.65. The van der Waals surface area contributed by atoms with Gasteiger partial charge in [-0.3, -0.25) is 4.79 Å². The van der Waals surface area contributed by atoms with Crippen molar-refractivity contribution >= 4 is 23.3 Å². The smallest absolute Gasteiger partial charge is 0.316 e. The summed E-state index contributed by atoms with van der Waals surface area (Å²) in [5.41, 5.74) is 7.01. The molecule has 0 aliphatic heterocycles. The number of urea groups is 1. The summed E-state index contributed by atoms with van der Waals surface area (Å²) >= 11 is 0. The lowest BCUT2D eigenvalue weighted by molar-refractivity contribution is -0.115. The molecule has 0 atom stereocenters. The van der Waals surface area contributed by atoms with Crippen LogP contribution in [0.3, 0.4) is 0 Å². The number of carbonyl (C=O) groups excluding carboxylic acids is 2. The molecular formula is C16H17N3O3. The van der Waals surface area contributed by atoms with Gasteiger partial charge >= 0.3 is 6.03 Å². The Hall–Kier alpha value is -3.02. The predicted octanol–water partition coefficient (Wildman–Crippen LogP) is 2.37. The molecule has 4 N–H and O–H groups in total. The molecule has 0 bridgehead atoms. The zero-order valence-corrected chi connectivity index (χ0v) is 12.1. The predicted molar refractivity (Wildman–Crippen MR) is 85.0 cm³/mol. The molecule has 0 fully saturated rings. The maximum absolute atomic E-state index is 12.1. The van der Waals surface area contributed by atoms with E-state index in [0.717, 1.165) is 5.56 Å². The number of ether oxygens (including phenoxy) is 1. The molecule has 2 aromatic carbocycles. The summed E-state index contributed by atoms with van der Waals surface area (Å²) in [5.74, 6) is 0.544. The lowest BCUT2D eigenvalue weighted by Crippen LogP contribution is -2.19. The van der Waals surface area contributed by atoms with Crippen LogP contribution in [0.2, 0.25) is 0 Å². The highest BCUT2D eigenvalue weighted by molar-refractivity contribution is 5.94. The molecule has 2 aromatic rings. The Labute approximate surface area is 128 Å². The molecule has 0 saturated heterocycles. The lowest BCUT2D eigenvalue weighted by Gasteiger charge is -2.08. The normalized spacial score (nSPS) is 9.86. The first kappa shape index (κ1) is 15.4. The third-order valence-corrected chi connectivity index (χ3v) is 2.91. The Morgan fingerprint density at radius 2 is 1.73 bits per heavy atom. The van der Waals surface area contributed by atoms with Gasteiger partial charge < -0.3 is 21.1 Å². The Morgan fingerprint density at radius 3 is 2.41 bits per heavy atom. The molecule has 0 heterocycles. The number of hydrogen-bond donors (Lipinski definition) is 3. The molecule has 114 valence electrons. The van der Waals surface area contributed by atoms with E-state index < -0.39 is 6.03 Å². The zero-order valence-electron chi connectivity index (χ0n) is 12.1. The Balaban J connectivity index is 2.00. The highest BCUT2D eigenvalue weighted by Crippen LogP contribution is 2.16. The van der Waals surface area contributed by atoms with Crippen LogP contribution < -0.4 is 21.1 Å². The fourth-order valence-corrected chi connectivity index (χ4v) is 1.99. The number of amides is 3. The minimum atomic E-state index is -0.653. The Bertz CT molecular complexity index is 686. The summed E-state index contributed by atoms with van der Waals surface area (Å²) in [4.78, 5) is 22.9. The van der Waals surface area contributed by atoms with E-state index in [1.165, 1.54) is 0 Å². The SMILES string of the molecule is COc1cccc(CC(=O)Nc2cccc(NC(N)=O)c2)c1. The van der Waals surface area contributed by atoms with Crippen LogP contribution in [-0.4, -0.2) is 19.0 Å². The highest BCUT2D eigenvalue weighted by Gasteiger charge is 2.06. The minimum absolute atomic E-state index is 0.163. The van der Waals surface area contributed by atoms with Gasteiger partial charge in [-0.1, -0.05) is 18.2 Å². The quantitative estimate of drug-likeness (QED) is 0.791. The van der Waals surface area contributed by atoms with Gasteiger partial charge in [-0.15, -0.1) is 0 Å². The number of anilines is 2. The van der Waals surface area contributed by atoms with Gasteiger partial charge in [-0.25, -0.2) is 4.79 Å². The van der Waals surface area contributed by atoms with Gasteiger partial charge in [-0.2, -0.15) is 0 Å². The third kappa shape index (κ3) is 4.52. The fourth-order valence-electron chi connectivity index (χ4n) is 1.99. The van der Waals surface area contributed by atoms with Crippen LogP contribution in [0, 0.1) is 0 Å². The van der Waals surface area contributed by atoms with Gasteiger partial charge in [0.2, 0.25) is 5.91 Å². The number of rotatable bonds is 5. The molecule has 6 nitrogen and oxygen atoms in total. The van der Waals surface area contributed by atoms with E-state index in [-0.39, 0.29) is 12.3 Å². The first-order valence-electron chi connectivity index (χ1n) is 6.66. The summed E-state index contributed by atoms with van der Waals surface area (Å²) in [6.07, 6.45) is 0.227. The van der Waals surface area contributed by atoms with Crippen molar-refractivity contribution in [2.75, 3.05) is 17.7 Å². The average molecular weight is 299 g/mol. The van der Waals surface area contributed by atoms with Crippen molar-refractivity contribution in [2.24, 2.45) is 5.73 Å². The van der Waals surface area contributed by atoms with E-state index >= 15 is 0 Å². The number of carbonyl (C=O) groups is 2. The van der Waals surface area contributed by atoms with Crippen LogP contribution in [0.25, 0.3) is 0 Å². The second-order valence-electron chi connectivity index (χ2n) is 4.65. The lowest BCUT2D eigenvalue weighted by atomic mass is 10.1. The molecule has 0 aromatic heterocycles. The maximum atomic E-state index is 12.1. The molecular weight excluding hydrogens is 282 g/mol. The van der Waals surface area contributed by atoms with Crippen molar-refractivity contribution in [3.05, 3.63) is 54.1 Å². The van der Waals surface area contributed by atoms with E-state index in [0.29, 0.717) is 17.1 Å². The number of hydrogen-bond acceptors (Lipinski definition) is 3. The van der Waals surface area contributed by atoms with Crippen LogP contribution in [0.15, 0.2) is 48.5 Å². The first-order chi connectivity index (χ1) is 10.6. The van der Waals surface area contributed by atoms with E-state index in [4.69, 9.17) is 10.5 Å². The van der Waals surface area contributed by atoms with Gasteiger partial charge in [0.15, 0.2) is 0 Å². The van der Waals surface area contributed by atoms with Crippen molar-refractivity contribution < 1.29 is 14.3 Å². The molecule has 6 heteroatoms. The van der Waals surface area contributed by atoms with E-state index in [9.17, 15) is 9.59 Å². The number of primary amides is 1. The Morgan fingerprint density at radius 1 is 1.05 bits per heavy atom. The topological polar surface area (TPSA) is 93.4 Å². The van der Waals surface area contributed by atoms with Crippen molar-refractivity contribution in [3.63, 3.8) is 0 Å². The fraction of sp³-hybridized carbons (Fsp3) is 0.125. The standard InChI is InChI=1S/C16H17N3O3/c1-22-14-7-2-4-11(8-14)9-15(20)18-12-5-3-6-13(10-12)19-16(17)21/h2-8,10H,9H2,1H3,(H,18,20)(H3,17,19,21). The molecule has 0 aliphatic rings. The largest absolute Gasteiger partial charge is 0.497 e. The highest BCUT2D eigenvalue weighted by atomic mass is 16.5. The number of methoxy groups -OCH3 is 1. The average Bonchev–Trinajstić information content (AvgIpc) is 2.47. The monoisotopic (exact) mass is 299 g/mol.